The zero-order valence-electron chi connectivity index (χ0n) is 7.68. The van der Waals surface area contributed by atoms with E-state index in [0.29, 0.717) is 0 Å². The SMILES string of the molecule is Cc1cc(CC2CNC2)c(C)o1. The molecular weight excluding hydrogens is 150 g/mol. The molecule has 1 aliphatic rings. The molecule has 0 bridgehead atoms. The summed E-state index contributed by atoms with van der Waals surface area (Å²) in [4.78, 5) is 0. The van der Waals surface area contributed by atoms with Crippen molar-refractivity contribution in [3.63, 3.8) is 0 Å². The molecule has 0 aromatic carbocycles. The number of furan rings is 1. The number of aryl methyl sites for hydroxylation is 2. The molecule has 1 aromatic heterocycles. The first-order chi connectivity index (χ1) is 5.75. The van der Waals surface area contributed by atoms with Gasteiger partial charge in [-0.05, 0) is 50.9 Å². The molecular formula is C10H15NO. The molecule has 2 heteroatoms. The molecule has 1 N–H and O–H groups in total. The van der Waals surface area contributed by atoms with Gasteiger partial charge in [0.15, 0.2) is 0 Å². The van der Waals surface area contributed by atoms with Gasteiger partial charge in [-0.25, -0.2) is 0 Å². The maximum Gasteiger partial charge on any atom is 0.104 e. The fraction of sp³-hybridized carbons (Fsp3) is 0.600. The van der Waals surface area contributed by atoms with E-state index in [9.17, 15) is 0 Å². The molecule has 1 saturated heterocycles. The largest absolute Gasteiger partial charge is 0.466 e. The topological polar surface area (TPSA) is 25.2 Å². The normalized spacial score (nSPS) is 17.8. The Balaban J connectivity index is 2.05. The number of hydrogen-bond acceptors (Lipinski definition) is 2. The Kier molecular flexibility index (Phi) is 1.93. The zero-order chi connectivity index (χ0) is 8.55. The minimum atomic E-state index is 0.834. The van der Waals surface area contributed by atoms with Crippen LogP contribution in [0.1, 0.15) is 17.1 Å². The van der Waals surface area contributed by atoms with Gasteiger partial charge in [0.2, 0.25) is 0 Å². The van der Waals surface area contributed by atoms with Gasteiger partial charge in [-0.1, -0.05) is 0 Å². The van der Waals surface area contributed by atoms with Crippen LogP contribution in [0.25, 0.3) is 0 Å². The summed E-state index contributed by atoms with van der Waals surface area (Å²) < 4.78 is 5.46. The van der Waals surface area contributed by atoms with E-state index in [1.165, 1.54) is 25.1 Å². The molecule has 2 heterocycles. The summed E-state index contributed by atoms with van der Waals surface area (Å²) in [6, 6.07) is 2.16. The van der Waals surface area contributed by atoms with Crippen LogP contribution in [-0.2, 0) is 6.42 Å². The van der Waals surface area contributed by atoms with Gasteiger partial charge in [-0.2, -0.15) is 0 Å². The Morgan fingerprint density at radius 1 is 1.50 bits per heavy atom. The van der Waals surface area contributed by atoms with Crippen LogP contribution >= 0.6 is 0 Å². The summed E-state index contributed by atoms with van der Waals surface area (Å²) in [6.07, 6.45) is 1.18. The molecule has 0 spiro atoms. The molecule has 0 aliphatic carbocycles. The van der Waals surface area contributed by atoms with Gasteiger partial charge >= 0.3 is 0 Å². The fourth-order valence-electron chi connectivity index (χ4n) is 1.69. The summed E-state index contributed by atoms with van der Waals surface area (Å²) in [5.74, 6) is 2.97. The Hall–Kier alpha value is -0.760. The summed E-state index contributed by atoms with van der Waals surface area (Å²) >= 11 is 0. The van der Waals surface area contributed by atoms with Crippen LogP contribution in [-0.4, -0.2) is 13.1 Å². The number of hydrogen-bond donors (Lipinski definition) is 1. The van der Waals surface area contributed by atoms with Crippen molar-refractivity contribution in [3.8, 4) is 0 Å². The number of nitrogens with one attached hydrogen (secondary N) is 1. The van der Waals surface area contributed by atoms with Gasteiger partial charge < -0.3 is 9.73 Å². The molecule has 2 rings (SSSR count). The predicted octanol–water partition coefficient (Wildman–Crippen LogP) is 1.66. The summed E-state index contributed by atoms with van der Waals surface area (Å²) in [7, 11) is 0. The average Bonchev–Trinajstić information content (AvgIpc) is 2.21. The van der Waals surface area contributed by atoms with Crippen molar-refractivity contribution in [2.75, 3.05) is 13.1 Å². The average molecular weight is 165 g/mol. The van der Waals surface area contributed by atoms with Crippen molar-refractivity contribution in [1.29, 1.82) is 0 Å². The second-order valence-corrected chi connectivity index (χ2v) is 3.67. The van der Waals surface area contributed by atoms with Crippen LogP contribution in [0.4, 0.5) is 0 Å². The Morgan fingerprint density at radius 2 is 2.25 bits per heavy atom. The monoisotopic (exact) mass is 165 g/mol. The highest BCUT2D eigenvalue weighted by molar-refractivity contribution is 5.21. The van der Waals surface area contributed by atoms with Crippen LogP contribution in [0, 0.1) is 19.8 Å². The molecule has 0 amide bonds. The lowest BCUT2D eigenvalue weighted by molar-refractivity contribution is 0.344. The Labute approximate surface area is 73.0 Å². The highest BCUT2D eigenvalue weighted by atomic mass is 16.3. The third kappa shape index (κ3) is 1.39. The molecule has 2 nitrogen and oxygen atoms in total. The first-order valence-corrected chi connectivity index (χ1v) is 4.52. The standard InChI is InChI=1S/C10H15NO/c1-7-3-10(8(2)12-7)4-9-5-11-6-9/h3,9,11H,4-6H2,1-2H3. The minimum absolute atomic E-state index is 0.834. The van der Waals surface area contributed by atoms with Crippen molar-refractivity contribution < 1.29 is 4.42 Å². The minimum Gasteiger partial charge on any atom is -0.466 e. The smallest absolute Gasteiger partial charge is 0.104 e. The van der Waals surface area contributed by atoms with E-state index in [0.717, 1.165) is 17.4 Å². The van der Waals surface area contributed by atoms with E-state index in [-0.39, 0.29) is 0 Å². The zero-order valence-corrected chi connectivity index (χ0v) is 7.68. The van der Waals surface area contributed by atoms with Crippen molar-refractivity contribution in [3.05, 3.63) is 23.2 Å². The lowest BCUT2D eigenvalue weighted by Gasteiger charge is -2.26. The maximum atomic E-state index is 5.46. The first-order valence-electron chi connectivity index (χ1n) is 4.52. The van der Waals surface area contributed by atoms with Crippen molar-refractivity contribution in [1.82, 2.24) is 5.32 Å². The first kappa shape index (κ1) is 7.87. The molecule has 66 valence electrons. The van der Waals surface area contributed by atoms with E-state index < -0.39 is 0 Å². The van der Waals surface area contributed by atoms with Gasteiger partial charge in [0, 0.05) is 0 Å². The molecule has 0 saturated carbocycles. The summed E-state index contributed by atoms with van der Waals surface area (Å²) in [5, 5.41) is 3.28. The van der Waals surface area contributed by atoms with Crippen LogP contribution in [0.15, 0.2) is 10.5 Å². The summed E-state index contributed by atoms with van der Waals surface area (Å²) in [5.41, 5.74) is 1.39. The van der Waals surface area contributed by atoms with Crippen LogP contribution < -0.4 is 5.32 Å². The third-order valence-electron chi connectivity index (χ3n) is 2.52. The second-order valence-electron chi connectivity index (χ2n) is 3.67. The van der Waals surface area contributed by atoms with Gasteiger partial charge in [-0.3, -0.25) is 0 Å². The Bertz CT molecular complexity index is 273. The maximum absolute atomic E-state index is 5.46. The predicted molar refractivity (Wildman–Crippen MR) is 48.2 cm³/mol. The van der Waals surface area contributed by atoms with Crippen molar-refractivity contribution >= 4 is 0 Å². The number of rotatable bonds is 2. The van der Waals surface area contributed by atoms with Crippen LogP contribution in [0.3, 0.4) is 0 Å². The second kappa shape index (κ2) is 2.94. The molecule has 1 aliphatic heterocycles. The van der Waals surface area contributed by atoms with Crippen molar-refractivity contribution in [2.45, 2.75) is 20.3 Å². The van der Waals surface area contributed by atoms with E-state index in [2.05, 4.69) is 18.3 Å². The van der Waals surface area contributed by atoms with Crippen LogP contribution in [0.2, 0.25) is 0 Å². The molecule has 0 unspecified atom stereocenters. The van der Waals surface area contributed by atoms with Crippen molar-refractivity contribution in [2.24, 2.45) is 5.92 Å². The molecule has 0 atom stereocenters. The van der Waals surface area contributed by atoms with E-state index >= 15 is 0 Å². The summed E-state index contributed by atoms with van der Waals surface area (Å²) in [6.45, 7) is 6.40. The lowest BCUT2D eigenvalue weighted by Crippen LogP contribution is -2.43. The van der Waals surface area contributed by atoms with E-state index in [1.54, 1.807) is 0 Å². The van der Waals surface area contributed by atoms with Gasteiger partial charge in [0.25, 0.3) is 0 Å². The van der Waals surface area contributed by atoms with Gasteiger partial charge in [-0.15, -0.1) is 0 Å². The quantitative estimate of drug-likeness (QED) is 0.721. The van der Waals surface area contributed by atoms with E-state index in [1.807, 2.05) is 6.92 Å². The van der Waals surface area contributed by atoms with Gasteiger partial charge in [0.05, 0.1) is 0 Å². The highest BCUT2D eigenvalue weighted by Crippen LogP contribution is 2.19. The Morgan fingerprint density at radius 3 is 2.67 bits per heavy atom. The van der Waals surface area contributed by atoms with Crippen LogP contribution in [0.5, 0.6) is 0 Å². The molecule has 1 fully saturated rings. The van der Waals surface area contributed by atoms with Gasteiger partial charge in [0.1, 0.15) is 11.5 Å². The van der Waals surface area contributed by atoms with E-state index in [4.69, 9.17) is 4.42 Å². The highest BCUT2D eigenvalue weighted by Gasteiger charge is 2.18. The fourth-order valence-corrected chi connectivity index (χ4v) is 1.69. The third-order valence-corrected chi connectivity index (χ3v) is 2.52. The molecule has 0 radical (unpaired) electrons. The molecule has 12 heavy (non-hydrogen) atoms. The molecule has 1 aromatic rings. The lowest BCUT2D eigenvalue weighted by atomic mass is 9.95.